The highest BCUT2D eigenvalue weighted by molar-refractivity contribution is 8.00. The number of hydrogen-bond donors (Lipinski definition) is 3. The summed E-state index contributed by atoms with van der Waals surface area (Å²) in [5, 5.41) is 11.9. The molecule has 0 saturated carbocycles. The highest BCUT2D eigenvalue weighted by atomic mass is 32.2. The van der Waals surface area contributed by atoms with Crippen molar-refractivity contribution >= 4 is 62.8 Å². The van der Waals surface area contributed by atoms with Crippen molar-refractivity contribution in [3.8, 4) is 5.75 Å². The number of carbonyl (C=O) groups is 1. The summed E-state index contributed by atoms with van der Waals surface area (Å²) in [7, 11) is 1.62. The Bertz CT molecular complexity index is 995. The van der Waals surface area contributed by atoms with Crippen LogP contribution in [-0.2, 0) is 4.79 Å². The molecule has 0 aliphatic heterocycles. The molecule has 0 aliphatic carbocycles. The molecule has 0 fully saturated rings. The Morgan fingerprint density at radius 1 is 1.20 bits per heavy atom. The third kappa shape index (κ3) is 6.19. The Morgan fingerprint density at radius 2 is 2.03 bits per heavy atom. The number of para-hydroxylation sites is 2. The standard InChI is InChI=1S/C21H22N4O2S3/c1-3-18(19(26)25-21-22-11-12-29-21)30-15-8-6-7-14(13-15)23-20(28)24-16-9-4-5-10-17(16)27-2/h4-13,18H,3H2,1-2H3,(H,22,25,26)(H2,23,24,28). The van der Waals surface area contributed by atoms with Gasteiger partial charge in [-0.3, -0.25) is 4.79 Å². The summed E-state index contributed by atoms with van der Waals surface area (Å²) >= 11 is 8.35. The van der Waals surface area contributed by atoms with Gasteiger partial charge in [0.15, 0.2) is 10.2 Å². The average Bonchev–Trinajstić information content (AvgIpc) is 3.25. The fraction of sp³-hybridized carbons (Fsp3) is 0.190. The van der Waals surface area contributed by atoms with E-state index in [1.807, 2.05) is 60.8 Å². The average molecular weight is 459 g/mol. The molecule has 1 atom stereocenters. The van der Waals surface area contributed by atoms with Gasteiger partial charge >= 0.3 is 0 Å². The minimum Gasteiger partial charge on any atom is -0.495 e. The zero-order valence-corrected chi connectivity index (χ0v) is 19.0. The van der Waals surface area contributed by atoms with Crippen LogP contribution in [0.3, 0.4) is 0 Å². The largest absolute Gasteiger partial charge is 0.495 e. The fourth-order valence-electron chi connectivity index (χ4n) is 2.64. The summed E-state index contributed by atoms with van der Waals surface area (Å²) in [4.78, 5) is 17.6. The molecule has 1 aromatic heterocycles. The number of ether oxygens (including phenoxy) is 1. The summed E-state index contributed by atoms with van der Waals surface area (Å²) in [6.07, 6.45) is 2.37. The normalized spacial score (nSPS) is 11.4. The van der Waals surface area contributed by atoms with Crippen molar-refractivity contribution in [2.45, 2.75) is 23.5 Å². The molecule has 9 heteroatoms. The SMILES string of the molecule is CCC(Sc1cccc(NC(=S)Nc2ccccc2OC)c1)C(=O)Nc1nccs1. The lowest BCUT2D eigenvalue weighted by Gasteiger charge is -2.16. The van der Waals surface area contributed by atoms with Crippen molar-refractivity contribution in [1.82, 2.24) is 4.98 Å². The molecule has 2 aromatic carbocycles. The highest BCUT2D eigenvalue weighted by Gasteiger charge is 2.19. The van der Waals surface area contributed by atoms with Crippen LogP contribution in [-0.4, -0.2) is 28.4 Å². The molecule has 3 N–H and O–H groups in total. The number of thiazole rings is 1. The van der Waals surface area contributed by atoms with Gasteiger partial charge in [-0.1, -0.05) is 25.1 Å². The number of hydrogen-bond acceptors (Lipinski definition) is 6. The number of aromatic nitrogens is 1. The number of nitrogens with zero attached hydrogens (tertiary/aromatic N) is 1. The van der Waals surface area contributed by atoms with Gasteiger partial charge in [0.25, 0.3) is 0 Å². The Kier molecular flexibility index (Phi) is 8.06. The van der Waals surface area contributed by atoms with E-state index >= 15 is 0 Å². The predicted molar refractivity (Wildman–Crippen MR) is 130 cm³/mol. The molecule has 1 heterocycles. The lowest BCUT2D eigenvalue weighted by molar-refractivity contribution is -0.115. The second-order valence-corrected chi connectivity index (χ2v) is 8.73. The topological polar surface area (TPSA) is 75.3 Å². The molecular formula is C21H22N4O2S3. The molecule has 156 valence electrons. The van der Waals surface area contributed by atoms with E-state index in [1.54, 1.807) is 13.3 Å². The number of thiocarbonyl (C=S) groups is 1. The van der Waals surface area contributed by atoms with Gasteiger partial charge in [-0.05, 0) is 49.0 Å². The van der Waals surface area contributed by atoms with Crippen LogP contribution in [0.2, 0.25) is 0 Å². The summed E-state index contributed by atoms with van der Waals surface area (Å²) in [6, 6.07) is 15.4. The molecule has 0 bridgehead atoms. The summed E-state index contributed by atoms with van der Waals surface area (Å²) in [6.45, 7) is 1.99. The predicted octanol–water partition coefficient (Wildman–Crippen LogP) is 5.47. The first-order valence-electron chi connectivity index (χ1n) is 9.27. The Balaban J connectivity index is 1.62. The van der Waals surface area contributed by atoms with Crippen molar-refractivity contribution in [2.75, 3.05) is 23.1 Å². The second-order valence-electron chi connectivity index (χ2n) is 6.15. The van der Waals surface area contributed by atoms with Gasteiger partial charge in [-0.15, -0.1) is 23.1 Å². The number of thioether (sulfide) groups is 1. The molecular weight excluding hydrogens is 436 g/mol. The van der Waals surface area contributed by atoms with Crippen LogP contribution in [0.1, 0.15) is 13.3 Å². The number of carbonyl (C=O) groups excluding carboxylic acids is 1. The number of amides is 1. The van der Waals surface area contributed by atoms with Crippen LogP contribution in [0.5, 0.6) is 5.75 Å². The number of nitrogens with one attached hydrogen (secondary N) is 3. The van der Waals surface area contributed by atoms with Gasteiger partial charge in [0.1, 0.15) is 5.75 Å². The number of anilines is 3. The van der Waals surface area contributed by atoms with E-state index in [-0.39, 0.29) is 11.2 Å². The van der Waals surface area contributed by atoms with Gasteiger partial charge in [-0.2, -0.15) is 0 Å². The van der Waals surface area contributed by atoms with E-state index in [1.165, 1.54) is 23.1 Å². The first-order valence-corrected chi connectivity index (χ1v) is 11.4. The van der Waals surface area contributed by atoms with Gasteiger partial charge in [-0.25, -0.2) is 4.98 Å². The summed E-state index contributed by atoms with van der Waals surface area (Å²) in [5.41, 5.74) is 1.62. The molecule has 0 spiro atoms. The zero-order valence-electron chi connectivity index (χ0n) is 16.5. The maximum absolute atomic E-state index is 12.5. The minimum atomic E-state index is -0.220. The van der Waals surface area contributed by atoms with Crippen molar-refractivity contribution in [3.63, 3.8) is 0 Å². The monoisotopic (exact) mass is 458 g/mol. The lowest BCUT2D eigenvalue weighted by atomic mass is 10.3. The van der Waals surface area contributed by atoms with E-state index < -0.39 is 0 Å². The Labute approximate surface area is 189 Å². The van der Waals surface area contributed by atoms with Gasteiger partial charge in [0, 0.05) is 22.2 Å². The van der Waals surface area contributed by atoms with E-state index in [2.05, 4.69) is 20.9 Å². The number of benzene rings is 2. The quantitative estimate of drug-likeness (QED) is 0.305. The first kappa shape index (κ1) is 22.1. The van der Waals surface area contributed by atoms with Gasteiger partial charge < -0.3 is 20.7 Å². The highest BCUT2D eigenvalue weighted by Crippen LogP contribution is 2.29. The fourth-order valence-corrected chi connectivity index (χ4v) is 4.41. The molecule has 6 nitrogen and oxygen atoms in total. The number of methoxy groups -OCH3 is 1. The van der Waals surface area contributed by atoms with Crippen LogP contribution in [0, 0.1) is 0 Å². The molecule has 3 rings (SSSR count). The molecule has 1 unspecified atom stereocenters. The molecule has 0 saturated heterocycles. The van der Waals surface area contributed by atoms with Crippen LogP contribution in [0.4, 0.5) is 16.5 Å². The molecule has 0 aliphatic rings. The minimum absolute atomic E-state index is 0.0517. The van der Waals surface area contributed by atoms with E-state index in [9.17, 15) is 4.79 Å². The maximum atomic E-state index is 12.5. The molecule has 0 radical (unpaired) electrons. The Morgan fingerprint density at radius 3 is 2.77 bits per heavy atom. The second kappa shape index (κ2) is 11.0. The van der Waals surface area contributed by atoms with Crippen molar-refractivity contribution in [3.05, 3.63) is 60.1 Å². The molecule has 30 heavy (non-hydrogen) atoms. The van der Waals surface area contributed by atoms with Gasteiger partial charge in [0.05, 0.1) is 18.0 Å². The maximum Gasteiger partial charge on any atom is 0.239 e. The van der Waals surface area contributed by atoms with E-state index in [0.29, 0.717) is 22.4 Å². The Hall–Kier alpha value is -2.62. The third-order valence-corrected chi connectivity index (χ3v) is 6.30. The van der Waals surface area contributed by atoms with Crippen LogP contribution in [0.15, 0.2) is 65.0 Å². The summed E-state index contributed by atoms with van der Waals surface area (Å²) < 4.78 is 5.34. The van der Waals surface area contributed by atoms with Crippen molar-refractivity contribution in [1.29, 1.82) is 0 Å². The third-order valence-electron chi connectivity index (χ3n) is 4.05. The van der Waals surface area contributed by atoms with Crippen molar-refractivity contribution < 1.29 is 9.53 Å². The van der Waals surface area contributed by atoms with Crippen molar-refractivity contribution in [2.24, 2.45) is 0 Å². The first-order chi connectivity index (χ1) is 14.6. The lowest BCUT2D eigenvalue weighted by Crippen LogP contribution is -2.24. The van der Waals surface area contributed by atoms with E-state index in [0.717, 1.165) is 16.3 Å². The smallest absolute Gasteiger partial charge is 0.239 e. The van der Waals surface area contributed by atoms with E-state index in [4.69, 9.17) is 17.0 Å². The molecule has 1 amide bonds. The zero-order chi connectivity index (χ0) is 21.3. The van der Waals surface area contributed by atoms with Crippen LogP contribution in [0.25, 0.3) is 0 Å². The number of rotatable bonds is 8. The van der Waals surface area contributed by atoms with Crippen LogP contribution >= 0.6 is 35.3 Å². The van der Waals surface area contributed by atoms with Crippen LogP contribution < -0.4 is 20.7 Å². The molecule has 3 aromatic rings. The van der Waals surface area contributed by atoms with Gasteiger partial charge in [0.2, 0.25) is 5.91 Å². The summed E-state index contributed by atoms with van der Waals surface area (Å²) in [5.74, 6) is 0.659.